The third-order valence-corrected chi connectivity index (χ3v) is 6.68. The van der Waals surface area contributed by atoms with E-state index in [2.05, 4.69) is 30.4 Å². The second kappa shape index (κ2) is 6.17. The van der Waals surface area contributed by atoms with Gasteiger partial charge in [-0.15, -0.1) is 0 Å². The average molecular weight is 339 g/mol. The van der Waals surface area contributed by atoms with Gasteiger partial charge in [0.15, 0.2) is 0 Å². The van der Waals surface area contributed by atoms with Crippen LogP contribution in [0.2, 0.25) is 0 Å². The molecular weight excluding hydrogens is 318 g/mol. The molecule has 2 aromatic rings. The van der Waals surface area contributed by atoms with Crippen LogP contribution in [0.4, 0.5) is 0 Å². The van der Waals surface area contributed by atoms with Crippen LogP contribution in [-0.4, -0.2) is 15.9 Å². The van der Waals surface area contributed by atoms with E-state index in [0.29, 0.717) is 11.5 Å². The highest BCUT2D eigenvalue weighted by molar-refractivity contribution is 7.85. The molecule has 2 aliphatic rings. The molecule has 0 bridgehead atoms. The van der Waals surface area contributed by atoms with Crippen LogP contribution in [-0.2, 0) is 23.6 Å². The summed E-state index contributed by atoms with van der Waals surface area (Å²) in [5, 5.41) is 3.20. The molecule has 3 unspecified atom stereocenters. The lowest BCUT2D eigenvalue weighted by molar-refractivity contribution is 0.0927. The zero-order chi connectivity index (χ0) is 16.7. The quantitative estimate of drug-likeness (QED) is 0.911. The molecule has 0 spiro atoms. The summed E-state index contributed by atoms with van der Waals surface area (Å²) in [6.45, 7) is 2.18. The van der Waals surface area contributed by atoms with Crippen molar-refractivity contribution in [3.63, 3.8) is 0 Å². The summed E-state index contributed by atoms with van der Waals surface area (Å²) in [4.78, 5) is 13.6. The van der Waals surface area contributed by atoms with Gasteiger partial charge in [-0.2, -0.15) is 0 Å². The van der Waals surface area contributed by atoms with Crippen molar-refractivity contribution in [1.29, 1.82) is 0 Å². The topological polar surface area (TPSA) is 46.2 Å². The second-order valence-electron chi connectivity index (χ2n) is 6.81. The molecule has 124 valence electrons. The molecule has 24 heavy (non-hydrogen) atoms. The molecule has 0 fully saturated rings. The third kappa shape index (κ3) is 2.69. The molecule has 0 saturated carbocycles. The Kier molecular flexibility index (Phi) is 4.01. The lowest BCUT2D eigenvalue weighted by Gasteiger charge is -2.20. The van der Waals surface area contributed by atoms with E-state index in [1.807, 2.05) is 24.3 Å². The minimum absolute atomic E-state index is 0.0392. The SMILES string of the molecule is CC1Cc2ccccc2C1NC(=O)c1ccc2c(c1)CCCS2=O. The van der Waals surface area contributed by atoms with E-state index in [-0.39, 0.29) is 11.9 Å². The maximum Gasteiger partial charge on any atom is 0.251 e. The molecule has 1 heterocycles. The van der Waals surface area contributed by atoms with Crippen molar-refractivity contribution in [3.05, 3.63) is 64.7 Å². The predicted molar refractivity (Wildman–Crippen MR) is 95.6 cm³/mol. The fourth-order valence-electron chi connectivity index (χ4n) is 3.88. The fraction of sp³-hybridized carbons (Fsp3) is 0.350. The minimum Gasteiger partial charge on any atom is -0.345 e. The van der Waals surface area contributed by atoms with Crippen molar-refractivity contribution in [1.82, 2.24) is 5.32 Å². The predicted octanol–water partition coefficient (Wildman–Crippen LogP) is 3.40. The number of carbonyl (C=O) groups is 1. The van der Waals surface area contributed by atoms with Crippen LogP contribution in [0.25, 0.3) is 0 Å². The summed E-state index contributed by atoms with van der Waals surface area (Å²) in [6, 6.07) is 14.0. The van der Waals surface area contributed by atoms with Gasteiger partial charge in [0.25, 0.3) is 5.91 Å². The average Bonchev–Trinajstić information content (AvgIpc) is 2.90. The van der Waals surface area contributed by atoms with Gasteiger partial charge >= 0.3 is 0 Å². The molecule has 0 saturated heterocycles. The zero-order valence-corrected chi connectivity index (χ0v) is 14.6. The van der Waals surface area contributed by atoms with Gasteiger partial charge in [-0.1, -0.05) is 31.2 Å². The molecule has 1 N–H and O–H groups in total. The Balaban J connectivity index is 1.58. The first-order chi connectivity index (χ1) is 11.6. The summed E-state index contributed by atoms with van der Waals surface area (Å²) < 4.78 is 12.0. The van der Waals surface area contributed by atoms with Crippen LogP contribution >= 0.6 is 0 Å². The summed E-state index contributed by atoms with van der Waals surface area (Å²) >= 11 is 0. The lowest BCUT2D eigenvalue weighted by atomic mass is 10.0. The highest BCUT2D eigenvalue weighted by atomic mass is 32.2. The molecule has 4 rings (SSSR count). The normalized spacial score (nSPS) is 25.0. The standard InChI is InChI=1S/C20H21NO2S/c1-13-11-14-5-2-3-7-17(14)19(13)21-20(22)16-8-9-18-15(12-16)6-4-10-24(18)23/h2-3,5,7-9,12-13,19H,4,6,10-11H2,1H3,(H,21,22). The van der Waals surface area contributed by atoms with Gasteiger partial charge in [0.1, 0.15) is 0 Å². The van der Waals surface area contributed by atoms with Crippen LogP contribution in [0, 0.1) is 5.92 Å². The molecule has 3 atom stereocenters. The van der Waals surface area contributed by atoms with Crippen molar-refractivity contribution < 1.29 is 9.00 Å². The smallest absolute Gasteiger partial charge is 0.251 e. The van der Waals surface area contributed by atoms with Crippen molar-refractivity contribution in [2.75, 3.05) is 5.75 Å². The van der Waals surface area contributed by atoms with Gasteiger partial charge in [0.2, 0.25) is 0 Å². The highest BCUT2D eigenvalue weighted by Gasteiger charge is 2.30. The van der Waals surface area contributed by atoms with E-state index in [9.17, 15) is 9.00 Å². The summed E-state index contributed by atoms with van der Waals surface area (Å²) in [6.07, 6.45) is 2.84. The molecular formula is C20H21NO2S. The van der Waals surface area contributed by atoms with E-state index in [4.69, 9.17) is 0 Å². The Morgan fingerprint density at radius 1 is 1.17 bits per heavy atom. The molecule has 1 aliphatic carbocycles. The summed E-state index contributed by atoms with van der Waals surface area (Å²) in [7, 11) is -0.908. The molecule has 3 nitrogen and oxygen atoms in total. The van der Waals surface area contributed by atoms with Crippen LogP contribution in [0.1, 0.15) is 46.4 Å². The van der Waals surface area contributed by atoms with Gasteiger partial charge < -0.3 is 5.32 Å². The number of hydrogen-bond donors (Lipinski definition) is 1. The number of carbonyl (C=O) groups excluding carboxylic acids is 1. The summed E-state index contributed by atoms with van der Waals surface area (Å²) in [5.74, 6) is 1.09. The Labute approximate surface area is 144 Å². The number of nitrogens with one attached hydrogen (secondary N) is 1. The second-order valence-corrected chi connectivity index (χ2v) is 8.35. The highest BCUT2D eigenvalue weighted by Crippen LogP contribution is 2.35. The van der Waals surface area contributed by atoms with Gasteiger partial charge in [-0.25, -0.2) is 0 Å². The van der Waals surface area contributed by atoms with E-state index in [1.165, 1.54) is 11.1 Å². The van der Waals surface area contributed by atoms with Crippen molar-refractivity contribution in [2.24, 2.45) is 5.92 Å². The number of benzene rings is 2. The van der Waals surface area contributed by atoms with E-state index in [1.54, 1.807) is 0 Å². The van der Waals surface area contributed by atoms with Gasteiger partial charge in [0, 0.05) is 16.2 Å². The van der Waals surface area contributed by atoms with Crippen molar-refractivity contribution in [3.8, 4) is 0 Å². The van der Waals surface area contributed by atoms with Crippen LogP contribution < -0.4 is 5.32 Å². The largest absolute Gasteiger partial charge is 0.345 e. The number of amides is 1. The van der Waals surface area contributed by atoms with E-state index >= 15 is 0 Å². The van der Waals surface area contributed by atoms with Crippen molar-refractivity contribution >= 4 is 16.7 Å². The molecule has 4 heteroatoms. The minimum atomic E-state index is -0.908. The monoisotopic (exact) mass is 339 g/mol. The Bertz CT molecular complexity index is 830. The van der Waals surface area contributed by atoms with Gasteiger partial charge in [-0.05, 0) is 60.1 Å². The number of aryl methyl sites for hydroxylation is 1. The molecule has 1 aliphatic heterocycles. The van der Waals surface area contributed by atoms with E-state index in [0.717, 1.165) is 35.5 Å². The first kappa shape index (κ1) is 15.6. The summed E-state index contributed by atoms with van der Waals surface area (Å²) in [5.41, 5.74) is 4.30. The van der Waals surface area contributed by atoms with Crippen LogP contribution in [0.5, 0.6) is 0 Å². The lowest BCUT2D eigenvalue weighted by Crippen LogP contribution is -2.30. The first-order valence-corrected chi connectivity index (χ1v) is 9.85. The molecule has 0 aromatic heterocycles. The third-order valence-electron chi connectivity index (χ3n) is 5.13. The Morgan fingerprint density at radius 2 is 2.00 bits per heavy atom. The first-order valence-electron chi connectivity index (χ1n) is 8.53. The molecule has 1 amide bonds. The fourth-order valence-corrected chi connectivity index (χ4v) is 5.18. The Morgan fingerprint density at radius 3 is 2.88 bits per heavy atom. The number of hydrogen-bond acceptors (Lipinski definition) is 2. The maximum absolute atomic E-state index is 12.7. The maximum atomic E-state index is 12.7. The zero-order valence-electron chi connectivity index (χ0n) is 13.7. The van der Waals surface area contributed by atoms with Gasteiger partial charge in [0.05, 0.1) is 16.8 Å². The van der Waals surface area contributed by atoms with Gasteiger partial charge in [-0.3, -0.25) is 9.00 Å². The molecule has 0 radical (unpaired) electrons. The number of rotatable bonds is 2. The Hall–Kier alpha value is -1.94. The number of fused-ring (bicyclic) bond motifs is 2. The van der Waals surface area contributed by atoms with Crippen molar-refractivity contribution in [2.45, 2.75) is 37.1 Å². The van der Waals surface area contributed by atoms with Crippen LogP contribution in [0.15, 0.2) is 47.4 Å². The van der Waals surface area contributed by atoms with Crippen LogP contribution in [0.3, 0.4) is 0 Å². The molecule has 2 aromatic carbocycles. The van der Waals surface area contributed by atoms with E-state index < -0.39 is 10.8 Å².